The number of aromatic hydroxyl groups is 1. The van der Waals surface area contributed by atoms with Gasteiger partial charge in [-0.15, -0.1) is 0 Å². The Labute approximate surface area is 137 Å². The summed E-state index contributed by atoms with van der Waals surface area (Å²) in [5.41, 5.74) is 7.22. The predicted molar refractivity (Wildman–Crippen MR) is 92.7 cm³/mol. The van der Waals surface area contributed by atoms with E-state index in [-0.39, 0.29) is 11.7 Å². The molecule has 0 bridgehead atoms. The van der Waals surface area contributed by atoms with Gasteiger partial charge in [-0.2, -0.15) is 0 Å². The van der Waals surface area contributed by atoms with Gasteiger partial charge < -0.3 is 15.7 Å². The molecular formula is C16H17IN2O2. The molecule has 0 aliphatic heterocycles. The van der Waals surface area contributed by atoms with E-state index in [4.69, 9.17) is 5.73 Å². The molecule has 2 rings (SSSR count). The summed E-state index contributed by atoms with van der Waals surface area (Å²) >= 11 is 2.26. The molecule has 2 aromatic rings. The smallest absolute Gasteiger partial charge is 0.217 e. The minimum absolute atomic E-state index is 0.235. The molecule has 0 heterocycles. The number of benzene rings is 2. The first kappa shape index (κ1) is 15.6. The van der Waals surface area contributed by atoms with Crippen LogP contribution in [0, 0.1) is 3.57 Å². The molecule has 0 fully saturated rings. The van der Waals surface area contributed by atoms with E-state index in [1.807, 2.05) is 36.4 Å². The molecular weight excluding hydrogens is 379 g/mol. The van der Waals surface area contributed by atoms with Crippen LogP contribution in [0.5, 0.6) is 5.75 Å². The fourth-order valence-electron chi connectivity index (χ4n) is 2.07. The molecule has 5 heteroatoms. The Bertz CT molecular complexity index is 551. The van der Waals surface area contributed by atoms with E-state index in [0.717, 1.165) is 11.4 Å². The van der Waals surface area contributed by atoms with Gasteiger partial charge in [-0.25, -0.2) is 0 Å². The zero-order valence-corrected chi connectivity index (χ0v) is 13.7. The van der Waals surface area contributed by atoms with E-state index in [1.54, 1.807) is 12.1 Å². The molecule has 0 atom stereocenters. The number of anilines is 2. The van der Waals surface area contributed by atoms with Crippen LogP contribution in [-0.4, -0.2) is 17.6 Å². The fraction of sp³-hybridized carbons (Fsp3) is 0.188. The summed E-state index contributed by atoms with van der Waals surface area (Å²) in [6.45, 7) is 0.689. The van der Waals surface area contributed by atoms with Gasteiger partial charge in [0, 0.05) is 27.9 Å². The summed E-state index contributed by atoms with van der Waals surface area (Å²) in [4.78, 5) is 13.0. The van der Waals surface area contributed by atoms with Crippen LogP contribution in [0.25, 0.3) is 0 Å². The lowest BCUT2D eigenvalue weighted by atomic mass is 10.2. The summed E-state index contributed by atoms with van der Waals surface area (Å²) in [6.07, 6.45) is 1.04. The summed E-state index contributed by atoms with van der Waals surface area (Å²) in [7, 11) is 0. The van der Waals surface area contributed by atoms with Gasteiger partial charge in [0.05, 0.1) is 0 Å². The lowest BCUT2D eigenvalue weighted by molar-refractivity contribution is -0.118. The summed E-state index contributed by atoms with van der Waals surface area (Å²) < 4.78 is 1.17. The normalized spacial score (nSPS) is 10.3. The molecule has 0 aliphatic rings. The first-order valence-electron chi connectivity index (χ1n) is 6.67. The van der Waals surface area contributed by atoms with Gasteiger partial charge in [-0.3, -0.25) is 4.79 Å². The largest absolute Gasteiger partial charge is 0.508 e. The predicted octanol–water partition coefficient (Wildman–Crippen LogP) is 3.40. The van der Waals surface area contributed by atoms with Gasteiger partial charge in [0.25, 0.3) is 0 Å². The number of phenolic OH excluding ortho intramolecular Hbond substituents is 1. The van der Waals surface area contributed by atoms with Gasteiger partial charge in [-0.1, -0.05) is 0 Å². The van der Waals surface area contributed by atoms with Gasteiger partial charge in [0.1, 0.15) is 5.75 Å². The van der Waals surface area contributed by atoms with Crippen LogP contribution in [0.15, 0.2) is 48.5 Å². The minimum atomic E-state index is -0.289. The Kier molecular flexibility index (Phi) is 5.44. The van der Waals surface area contributed by atoms with Crippen molar-refractivity contribution >= 4 is 39.9 Å². The maximum Gasteiger partial charge on any atom is 0.217 e. The Morgan fingerprint density at radius 2 is 1.57 bits per heavy atom. The minimum Gasteiger partial charge on any atom is -0.508 e. The van der Waals surface area contributed by atoms with Crippen molar-refractivity contribution in [3.63, 3.8) is 0 Å². The third kappa shape index (κ3) is 4.63. The molecule has 0 radical (unpaired) electrons. The number of phenols is 1. The Hall–Kier alpha value is -1.76. The van der Waals surface area contributed by atoms with Crippen LogP contribution >= 0.6 is 22.6 Å². The van der Waals surface area contributed by atoms with Crippen LogP contribution in [0.2, 0.25) is 0 Å². The van der Waals surface area contributed by atoms with Gasteiger partial charge in [0.15, 0.2) is 0 Å². The maximum absolute atomic E-state index is 10.9. The van der Waals surface area contributed by atoms with E-state index in [9.17, 15) is 9.90 Å². The highest BCUT2D eigenvalue weighted by Crippen LogP contribution is 2.27. The van der Waals surface area contributed by atoms with Crippen molar-refractivity contribution in [2.75, 3.05) is 11.4 Å². The summed E-state index contributed by atoms with van der Waals surface area (Å²) in [5.74, 6) is -0.0540. The first-order chi connectivity index (χ1) is 10.1. The lowest BCUT2D eigenvalue weighted by Gasteiger charge is -2.25. The van der Waals surface area contributed by atoms with E-state index in [1.165, 1.54) is 3.57 Å². The zero-order valence-electron chi connectivity index (χ0n) is 11.5. The second-order valence-corrected chi connectivity index (χ2v) is 5.96. The maximum atomic E-state index is 10.9. The number of primary amides is 1. The third-order valence-electron chi connectivity index (χ3n) is 3.10. The molecule has 1 amide bonds. The van der Waals surface area contributed by atoms with Gasteiger partial charge in [-0.05, 0) is 77.5 Å². The molecule has 3 N–H and O–H groups in total. The van der Waals surface area contributed by atoms with E-state index >= 15 is 0 Å². The van der Waals surface area contributed by atoms with Crippen molar-refractivity contribution in [3.05, 3.63) is 52.1 Å². The number of carbonyl (C=O) groups is 1. The van der Waals surface area contributed by atoms with Crippen molar-refractivity contribution in [3.8, 4) is 5.75 Å². The molecule has 0 saturated heterocycles. The molecule has 21 heavy (non-hydrogen) atoms. The average Bonchev–Trinajstić information content (AvgIpc) is 2.46. The number of halogens is 1. The van der Waals surface area contributed by atoms with Crippen LogP contribution in [0.1, 0.15) is 12.8 Å². The molecule has 0 saturated carbocycles. The Morgan fingerprint density at radius 3 is 2.10 bits per heavy atom. The van der Waals surface area contributed by atoms with Crippen molar-refractivity contribution in [2.24, 2.45) is 5.73 Å². The highest BCUT2D eigenvalue weighted by Gasteiger charge is 2.10. The van der Waals surface area contributed by atoms with Crippen molar-refractivity contribution in [2.45, 2.75) is 12.8 Å². The Balaban J connectivity index is 2.22. The van der Waals surface area contributed by atoms with E-state index < -0.39 is 0 Å². The standard InChI is InChI=1S/C16H17IN2O2/c17-12-3-5-13(6-4-12)19(11-1-2-16(18)21)14-7-9-15(20)10-8-14/h3-10,20H,1-2,11H2,(H2,18,21). The van der Waals surface area contributed by atoms with Crippen LogP contribution in [-0.2, 0) is 4.79 Å². The Morgan fingerprint density at radius 1 is 1.05 bits per heavy atom. The van der Waals surface area contributed by atoms with Crippen molar-refractivity contribution in [1.82, 2.24) is 0 Å². The summed E-state index contributed by atoms with van der Waals surface area (Å²) in [6, 6.07) is 15.2. The molecule has 0 aromatic heterocycles. The van der Waals surface area contributed by atoms with Gasteiger partial charge >= 0.3 is 0 Å². The fourth-order valence-corrected chi connectivity index (χ4v) is 2.43. The number of nitrogens with zero attached hydrogens (tertiary/aromatic N) is 1. The quantitative estimate of drug-likeness (QED) is 0.736. The van der Waals surface area contributed by atoms with Crippen LogP contribution < -0.4 is 10.6 Å². The second-order valence-electron chi connectivity index (χ2n) is 4.71. The van der Waals surface area contributed by atoms with Gasteiger partial charge in [0.2, 0.25) is 5.91 Å². The molecule has 0 spiro atoms. The summed E-state index contributed by atoms with van der Waals surface area (Å²) in [5, 5.41) is 9.41. The van der Waals surface area contributed by atoms with Crippen LogP contribution in [0.3, 0.4) is 0 Å². The van der Waals surface area contributed by atoms with E-state index in [2.05, 4.69) is 27.5 Å². The molecule has 0 unspecified atom stereocenters. The lowest BCUT2D eigenvalue weighted by Crippen LogP contribution is -2.20. The number of hydrogen-bond acceptors (Lipinski definition) is 3. The average molecular weight is 396 g/mol. The number of nitrogens with two attached hydrogens (primary N) is 1. The van der Waals surface area contributed by atoms with Crippen molar-refractivity contribution < 1.29 is 9.90 Å². The monoisotopic (exact) mass is 396 g/mol. The highest BCUT2D eigenvalue weighted by molar-refractivity contribution is 14.1. The number of amides is 1. The number of rotatable bonds is 6. The second kappa shape index (κ2) is 7.31. The third-order valence-corrected chi connectivity index (χ3v) is 3.82. The number of hydrogen-bond donors (Lipinski definition) is 2. The SMILES string of the molecule is NC(=O)CCCN(c1ccc(O)cc1)c1ccc(I)cc1. The zero-order chi connectivity index (χ0) is 15.2. The molecule has 2 aromatic carbocycles. The topological polar surface area (TPSA) is 66.6 Å². The molecule has 0 aliphatic carbocycles. The first-order valence-corrected chi connectivity index (χ1v) is 7.74. The number of carbonyl (C=O) groups excluding carboxylic acids is 1. The van der Waals surface area contributed by atoms with Crippen LogP contribution in [0.4, 0.5) is 11.4 Å². The highest BCUT2D eigenvalue weighted by atomic mass is 127. The van der Waals surface area contributed by atoms with Crippen molar-refractivity contribution in [1.29, 1.82) is 0 Å². The van der Waals surface area contributed by atoms with E-state index in [0.29, 0.717) is 19.4 Å². The molecule has 110 valence electrons. The molecule has 4 nitrogen and oxygen atoms in total.